The van der Waals surface area contributed by atoms with Crippen molar-refractivity contribution in [2.45, 2.75) is 50.3 Å². The van der Waals surface area contributed by atoms with E-state index in [9.17, 15) is 13.2 Å². The first-order valence-corrected chi connectivity index (χ1v) is 15.9. The summed E-state index contributed by atoms with van der Waals surface area (Å²) in [4.78, 5) is 19.9. The van der Waals surface area contributed by atoms with Crippen LogP contribution in [0.1, 0.15) is 53.4 Å². The lowest BCUT2D eigenvalue weighted by atomic mass is 9.88. The highest BCUT2D eigenvalue weighted by atomic mass is 32.2. The fourth-order valence-corrected chi connectivity index (χ4v) is 9.35. The van der Waals surface area contributed by atoms with Crippen molar-refractivity contribution in [1.29, 1.82) is 0 Å². The van der Waals surface area contributed by atoms with Gasteiger partial charge in [-0.05, 0) is 73.9 Å². The maximum Gasteiger partial charge on any atom is 0.256 e. The number of rotatable bonds is 5. The first-order valence-electron chi connectivity index (χ1n) is 12.8. The van der Waals surface area contributed by atoms with E-state index in [-0.39, 0.29) is 10.8 Å². The third-order valence-electron chi connectivity index (χ3n) is 7.30. The number of hydrogen-bond acceptors (Lipinski definition) is 6. The predicted molar refractivity (Wildman–Crippen MR) is 151 cm³/mol. The maximum absolute atomic E-state index is 13.5. The molecule has 6 rings (SSSR count). The highest BCUT2D eigenvalue weighted by Gasteiger charge is 2.29. The molecule has 1 aliphatic carbocycles. The molecule has 37 heavy (non-hydrogen) atoms. The van der Waals surface area contributed by atoms with E-state index in [4.69, 9.17) is 4.98 Å². The number of benzene rings is 2. The third kappa shape index (κ3) is 4.74. The molecule has 0 saturated carbocycles. The first-order chi connectivity index (χ1) is 17.9. The minimum atomic E-state index is -3.62. The van der Waals surface area contributed by atoms with Gasteiger partial charge in [0, 0.05) is 29.1 Å². The van der Waals surface area contributed by atoms with Gasteiger partial charge in [-0.25, -0.2) is 13.4 Å². The normalized spacial score (nSPS) is 18.6. The van der Waals surface area contributed by atoms with Gasteiger partial charge in [0.2, 0.25) is 10.0 Å². The zero-order valence-corrected chi connectivity index (χ0v) is 23.1. The Balaban J connectivity index is 1.35. The number of thiazole rings is 1. The zero-order valence-electron chi connectivity index (χ0n) is 20.7. The van der Waals surface area contributed by atoms with E-state index in [0.717, 1.165) is 64.3 Å². The van der Waals surface area contributed by atoms with Gasteiger partial charge in [0.15, 0.2) is 0 Å². The van der Waals surface area contributed by atoms with E-state index in [0.29, 0.717) is 24.6 Å². The molecular formula is C28H29N3O3S3. The van der Waals surface area contributed by atoms with Crippen LogP contribution < -0.4 is 5.32 Å². The summed E-state index contributed by atoms with van der Waals surface area (Å²) in [5.74, 6) is 0.305. The highest BCUT2D eigenvalue weighted by Crippen LogP contribution is 2.47. The molecule has 1 saturated heterocycles. The number of piperidine rings is 1. The molecule has 4 aromatic rings. The largest absolute Gasteiger partial charge is 0.313 e. The van der Waals surface area contributed by atoms with Gasteiger partial charge in [-0.15, -0.1) is 22.7 Å². The number of nitrogens with zero attached hydrogens (tertiary/aromatic N) is 2. The van der Waals surface area contributed by atoms with Crippen molar-refractivity contribution in [3.63, 3.8) is 0 Å². The van der Waals surface area contributed by atoms with Crippen molar-refractivity contribution >= 4 is 53.8 Å². The average molecular weight is 552 g/mol. The Labute approximate surface area is 225 Å². The van der Waals surface area contributed by atoms with Crippen molar-refractivity contribution in [2.75, 3.05) is 18.4 Å². The van der Waals surface area contributed by atoms with Crippen LogP contribution in [0.3, 0.4) is 0 Å². The van der Waals surface area contributed by atoms with Crippen molar-refractivity contribution in [1.82, 2.24) is 9.29 Å². The maximum atomic E-state index is 13.5. The fourth-order valence-electron chi connectivity index (χ4n) is 5.27. The number of hydrogen-bond donors (Lipinski definition) is 1. The molecule has 0 unspecified atom stereocenters. The number of fused-ring (bicyclic) bond motifs is 2. The van der Waals surface area contributed by atoms with Crippen LogP contribution in [0.4, 0.5) is 5.00 Å². The third-order valence-corrected chi connectivity index (χ3v) is 11.4. The van der Waals surface area contributed by atoms with Gasteiger partial charge < -0.3 is 5.32 Å². The van der Waals surface area contributed by atoms with Crippen LogP contribution >= 0.6 is 22.7 Å². The van der Waals surface area contributed by atoms with E-state index in [1.54, 1.807) is 40.9 Å². The molecule has 192 valence electrons. The molecule has 0 bridgehead atoms. The SMILES string of the molecule is C[C@@H]1CCc2c(sc(NC(=O)c3cccc(S(=O)(=O)N4CCCCC4)c3)c2-c2nc3ccccc3s2)C1. The van der Waals surface area contributed by atoms with Crippen LogP contribution in [-0.4, -0.2) is 36.7 Å². The number of sulfonamides is 1. The topological polar surface area (TPSA) is 79.4 Å². The Kier molecular flexibility index (Phi) is 6.65. The van der Waals surface area contributed by atoms with Gasteiger partial charge in [-0.1, -0.05) is 31.5 Å². The molecular weight excluding hydrogens is 523 g/mol. The first kappa shape index (κ1) is 24.7. The van der Waals surface area contributed by atoms with E-state index in [1.165, 1.54) is 20.8 Å². The second kappa shape index (κ2) is 9.94. The molecule has 9 heteroatoms. The molecule has 1 amide bonds. The second-order valence-electron chi connectivity index (χ2n) is 9.99. The van der Waals surface area contributed by atoms with Crippen LogP contribution in [0.5, 0.6) is 0 Å². The van der Waals surface area contributed by atoms with Gasteiger partial charge in [-0.2, -0.15) is 4.31 Å². The number of thiophene rings is 1. The molecule has 3 heterocycles. The number of carbonyl (C=O) groups is 1. The summed E-state index contributed by atoms with van der Waals surface area (Å²) in [5.41, 5.74) is 3.62. The molecule has 2 aromatic carbocycles. The lowest BCUT2D eigenvalue weighted by Crippen LogP contribution is -2.35. The summed E-state index contributed by atoms with van der Waals surface area (Å²) in [6, 6.07) is 14.5. The summed E-state index contributed by atoms with van der Waals surface area (Å²) >= 11 is 3.28. The van der Waals surface area contributed by atoms with Crippen LogP contribution in [0.25, 0.3) is 20.8 Å². The predicted octanol–water partition coefficient (Wildman–Crippen LogP) is 6.58. The molecule has 6 nitrogen and oxygen atoms in total. The summed E-state index contributed by atoms with van der Waals surface area (Å²) in [6.45, 7) is 3.33. The molecule has 1 aliphatic heterocycles. The van der Waals surface area contributed by atoms with Crippen LogP contribution in [0.15, 0.2) is 53.4 Å². The van der Waals surface area contributed by atoms with Crippen molar-refractivity contribution in [3.05, 3.63) is 64.5 Å². The average Bonchev–Trinajstić information content (AvgIpc) is 3.49. The number of anilines is 1. The number of carbonyl (C=O) groups excluding carboxylic acids is 1. The zero-order chi connectivity index (χ0) is 25.6. The van der Waals surface area contributed by atoms with Crippen molar-refractivity contribution in [3.8, 4) is 10.6 Å². The molecule has 2 aliphatic rings. The lowest BCUT2D eigenvalue weighted by Gasteiger charge is -2.26. The molecule has 1 fully saturated rings. The van der Waals surface area contributed by atoms with Gasteiger partial charge in [0.25, 0.3) is 5.91 Å². The Morgan fingerprint density at radius 1 is 1.05 bits per heavy atom. The number of para-hydroxylation sites is 1. The standard InChI is InChI=1S/C28H29N3O3S3/c1-18-12-13-21-24(16-18)36-28(25(21)27-29-22-10-3-4-11-23(22)35-27)30-26(32)19-8-7-9-20(17-19)37(33,34)31-14-5-2-6-15-31/h3-4,7-11,17-18H,2,5-6,12-16H2,1H3,(H,30,32)/t18-/m1/s1. The molecule has 1 atom stereocenters. The Bertz CT molecular complexity index is 1550. The smallest absolute Gasteiger partial charge is 0.256 e. The molecule has 1 N–H and O–H groups in total. The molecule has 0 spiro atoms. The van der Waals surface area contributed by atoms with E-state index in [2.05, 4.69) is 18.3 Å². The minimum Gasteiger partial charge on any atom is -0.313 e. The fraction of sp³-hybridized carbons (Fsp3) is 0.357. The summed E-state index contributed by atoms with van der Waals surface area (Å²) < 4.78 is 29.0. The summed E-state index contributed by atoms with van der Waals surface area (Å²) in [6.07, 6.45) is 5.88. The van der Waals surface area contributed by atoms with Crippen molar-refractivity contribution in [2.24, 2.45) is 5.92 Å². The molecule has 0 radical (unpaired) electrons. The highest BCUT2D eigenvalue weighted by molar-refractivity contribution is 7.89. The molecule has 2 aromatic heterocycles. The van der Waals surface area contributed by atoms with Gasteiger partial charge in [0.1, 0.15) is 10.0 Å². The van der Waals surface area contributed by atoms with Crippen LogP contribution in [0.2, 0.25) is 0 Å². The van der Waals surface area contributed by atoms with E-state index >= 15 is 0 Å². The quantitative estimate of drug-likeness (QED) is 0.304. The van der Waals surface area contributed by atoms with Gasteiger partial charge in [-0.3, -0.25) is 4.79 Å². The van der Waals surface area contributed by atoms with Crippen molar-refractivity contribution < 1.29 is 13.2 Å². The lowest BCUT2D eigenvalue weighted by molar-refractivity contribution is 0.102. The Hall–Kier alpha value is -2.59. The number of nitrogens with one attached hydrogen (secondary N) is 1. The van der Waals surface area contributed by atoms with Gasteiger partial charge >= 0.3 is 0 Å². The monoisotopic (exact) mass is 551 g/mol. The van der Waals surface area contributed by atoms with E-state index < -0.39 is 10.0 Å². The van der Waals surface area contributed by atoms with Crippen LogP contribution in [0, 0.1) is 5.92 Å². The van der Waals surface area contributed by atoms with Crippen LogP contribution in [-0.2, 0) is 22.9 Å². The Morgan fingerprint density at radius 3 is 2.68 bits per heavy atom. The number of aromatic nitrogens is 1. The second-order valence-corrected chi connectivity index (χ2v) is 14.1. The van der Waals surface area contributed by atoms with Gasteiger partial charge in [0.05, 0.1) is 15.1 Å². The number of amides is 1. The Morgan fingerprint density at radius 2 is 1.86 bits per heavy atom. The minimum absolute atomic E-state index is 0.174. The summed E-state index contributed by atoms with van der Waals surface area (Å²) in [7, 11) is -3.62. The summed E-state index contributed by atoms with van der Waals surface area (Å²) in [5, 5.41) is 4.86. The van der Waals surface area contributed by atoms with E-state index in [1.807, 2.05) is 18.2 Å².